The normalized spacial score (nSPS) is 14.9. The minimum absolute atomic E-state index is 0.00602. The van der Waals surface area contributed by atoms with Crippen molar-refractivity contribution in [2.75, 3.05) is 7.11 Å². The molecule has 82 valence electrons. The Morgan fingerprint density at radius 2 is 2.13 bits per heavy atom. The molecule has 0 aliphatic heterocycles. The molecule has 3 heteroatoms. The number of benzene rings is 1. The van der Waals surface area contributed by atoms with Crippen molar-refractivity contribution in [2.24, 2.45) is 0 Å². The summed E-state index contributed by atoms with van der Waals surface area (Å²) in [6, 6.07) is 1.98. The van der Waals surface area contributed by atoms with Crippen LogP contribution < -0.4 is 4.74 Å². The Morgan fingerprint density at radius 1 is 1.40 bits per heavy atom. The highest BCUT2D eigenvalue weighted by Crippen LogP contribution is 2.37. The van der Waals surface area contributed by atoms with Gasteiger partial charge in [0, 0.05) is 5.56 Å². The molecule has 0 heterocycles. The molecule has 0 spiro atoms. The molecule has 1 aliphatic carbocycles. The quantitative estimate of drug-likeness (QED) is 0.840. The van der Waals surface area contributed by atoms with Crippen LogP contribution in [0.3, 0.4) is 0 Å². The smallest absolute Gasteiger partial charge is 0.143 e. The largest absolute Gasteiger partial charge is 0.495 e. The predicted molar refractivity (Wildman–Crippen MR) is 60.6 cm³/mol. The van der Waals surface area contributed by atoms with Crippen LogP contribution in [0, 0.1) is 0 Å². The van der Waals surface area contributed by atoms with E-state index in [0.717, 1.165) is 18.4 Å². The average Bonchev–Trinajstić information content (AvgIpc) is 2.27. The van der Waals surface area contributed by atoms with Gasteiger partial charge in [-0.1, -0.05) is 11.6 Å². The Bertz CT molecular complexity index is 374. The van der Waals surface area contributed by atoms with Crippen LogP contribution in [-0.4, -0.2) is 12.2 Å². The summed E-state index contributed by atoms with van der Waals surface area (Å²) >= 11 is 6.11. The summed E-state index contributed by atoms with van der Waals surface area (Å²) in [4.78, 5) is 0. The SMILES string of the molecule is COc1c(Cl)cc2c(c1CO)CCCC2. The number of aryl methyl sites for hydroxylation is 1. The van der Waals surface area contributed by atoms with Crippen LogP contribution in [0.4, 0.5) is 0 Å². The first kappa shape index (κ1) is 10.8. The van der Waals surface area contributed by atoms with E-state index in [1.165, 1.54) is 24.0 Å². The second-order valence-corrected chi connectivity index (χ2v) is 4.28. The molecule has 0 unspecified atom stereocenters. The molecule has 0 saturated heterocycles. The standard InChI is InChI=1S/C12H15ClO2/c1-15-12-10(7-14)9-5-3-2-4-8(9)6-11(12)13/h6,14H,2-5,7H2,1H3. The van der Waals surface area contributed by atoms with Crippen LogP contribution in [0.25, 0.3) is 0 Å². The molecular formula is C12H15ClO2. The summed E-state index contributed by atoms with van der Waals surface area (Å²) in [5.74, 6) is 0.639. The molecule has 1 aromatic rings. The number of halogens is 1. The molecule has 15 heavy (non-hydrogen) atoms. The lowest BCUT2D eigenvalue weighted by molar-refractivity contribution is 0.271. The van der Waals surface area contributed by atoms with Gasteiger partial charge in [0.05, 0.1) is 18.7 Å². The first-order valence-electron chi connectivity index (χ1n) is 5.26. The number of aliphatic hydroxyl groups excluding tert-OH is 1. The lowest BCUT2D eigenvalue weighted by atomic mass is 9.88. The number of aliphatic hydroxyl groups is 1. The maximum atomic E-state index is 9.39. The number of ether oxygens (including phenoxy) is 1. The van der Waals surface area contributed by atoms with Crippen LogP contribution in [0.1, 0.15) is 29.5 Å². The van der Waals surface area contributed by atoms with E-state index in [1.54, 1.807) is 7.11 Å². The average molecular weight is 227 g/mol. The summed E-state index contributed by atoms with van der Waals surface area (Å²) in [7, 11) is 1.59. The van der Waals surface area contributed by atoms with Crippen molar-refractivity contribution in [3.05, 3.63) is 27.8 Å². The highest BCUT2D eigenvalue weighted by atomic mass is 35.5. The van der Waals surface area contributed by atoms with E-state index in [9.17, 15) is 5.11 Å². The van der Waals surface area contributed by atoms with Gasteiger partial charge in [0.25, 0.3) is 0 Å². The summed E-state index contributed by atoms with van der Waals surface area (Å²) in [6.45, 7) is 0.00602. The van der Waals surface area contributed by atoms with E-state index in [2.05, 4.69) is 0 Å². The molecule has 0 radical (unpaired) electrons. The highest BCUT2D eigenvalue weighted by molar-refractivity contribution is 6.32. The van der Waals surface area contributed by atoms with E-state index >= 15 is 0 Å². The van der Waals surface area contributed by atoms with E-state index in [4.69, 9.17) is 16.3 Å². The summed E-state index contributed by atoms with van der Waals surface area (Å²) < 4.78 is 5.24. The molecule has 0 atom stereocenters. The van der Waals surface area contributed by atoms with E-state index < -0.39 is 0 Å². The van der Waals surface area contributed by atoms with Crippen molar-refractivity contribution in [3.63, 3.8) is 0 Å². The number of hydrogen-bond acceptors (Lipinski definition) is 2. The molecule has 0 amide bonds. The third kappa shape index (κ3) is 1.84. The second-order valence-electron chi connectivity index (χ2n) is 3.87. The zero-order valence-electron chi connectivity index (χ0n) is 8.85. The van der Waals surface area contributed by atoms with Crippen molar-refractivity contribution in [3.8, 4) is 5.75 Å². The molecule has 1 N–H and O–H groups in total. The summed E-state index contributed by atoms with van der Waals surface area (Å²) in [5, 5.41) is 10.0. The first-order chi connectivity index (χ1) is 7.27. The molecule has 2 nitrogen and oxygen atoms in total. The fourth-order valence-corrected chi connectivity index (χ4v) is 2.64. The minimum atomic E-state index is 0.00602. The van der Waals surface area contributed by atoms with Gasteiger partial charge in [-0.15, -0.1) is 0 Å². The molecule has 0 bridgehead atoms. The van der Waals surface area contributed by atoms with Crippen molar-refractivity contribution in [1.29, 1.82) is 0 Å². The Labute approximate surface area is 94.8 Å². The van der Waals surface area contributed by atoms with E-state index in [1.807, 2.05) is 6.07 Å². The molecule has 0 fully saturated rings. The monoisotopic (exact) mass is 226 g/mol. The van der Waals surface area contributed by atoms with Gasteiger partial charge in [-0.2, -0.15) is 0 Å². The Morgan fingerprint density at radius 3 is 2.80 bits per heavy atom. The Hall–Kier alpha value is -0.730. The summed E-state index contributed by atoms with van der Waals surface area (Å²) in [5.41, 5.74) is 3.39. The molecule has 1 aliphatic rings. The van der Waals surface area contributed by atoms with Gasteiger partial charge in [0.2, 0.25) is 0 Å². The van der Waals surface area contributed by atoms with Gasteiger partial charge >= 0.3 is 0 Å². The lowest BCUT2D eigenvalue weighted by Crippen LogP contribution is -2.08. The topological polar surface area (TPSA) is 29.5 Å². The first-order valence-corrected chi connectivity index (χ1v) is 5.63. The number of methoxy groups -OCH3 is 1. The zero-order chi connectivity index (χ0) is 10.8. The summed E-state index contributed by atoms with van der Waals surface area (Å²) in [6.07, 6.45) is 4.48. The molecule has 2 rings (SSSR count). The Balaban J connectivity index is 2.59. The van der Waals surface area contributed by atoms with Crippen LogP contribution in [0.15, 0.2) is 6.07 Å². The Kier molecular flexibility index (Phi) is 3.17. The zero-order valence-corrected chi connectivity index (χ0v) is 9.60. The van der Waals surface area contributed by atoms with Crippen LogP contribution in [-0.2, 0) is 19.4 Å². The van der Waals surface area contributed by atoms with Gasteiger partial charge < -0.3 is 9.84 Å². The van der Waals surface area contributed by atoms with E-state index in [0.29, 0.717) is 10.8 Å². The van der Waals surface area contributed by atoms with Gasteiger partial charge in [-0.3, -0.25) is 0 Å². The third-order valence-electron chi connectivity index (χ3n) is 3.03. The fourth-order valence-electron chi connectivity index (χ4n) is 2.32. The van der Waals surface area contributed by atoms with Gasteiger partial charge in [0.1, 0.15) is 5.75 Å². The molecule has 1 aromatic carbocycles. The predicted octanol–water partition coefficient (Wildman–Crippen LogP) is 2.72. The maximum absolute atomic E-state index is 9.39. The van der Waals surface area contributed by atoms with Crippen molar-refractivity contribution < 1.29 is 9.84 Å². The van der Waals surface area contributed by atoms with Gasteiger partial charge in [-0.25, -0.2) is 0 Å². The van der Waals surface area contributed by atoms with Crippen molar-refractivity contribution in [1.82, 2.24) is 0 Å². The van der Waals surface area contributed by atoms with Gasteiger partial charge in [0.15, 0.2) is 0 Å². The van der Waals surface area contributed by atoms with Crippen LogP contribution in [0.2, 0.25) is 5.02 Å². The molecule has 0 aromatic heterocycles. The minimum Gasteiger partial charge on any atom is -0.495 e. The van der Waals surface area contributed by atoms with Gasteiger partial charge in [-0.05, 0) is 42.9 Å². The van der Waals surface area contributed by atoms with Crippen molar-refractivity contribution in [2.45, 2.75) is 32.3 Å². The number of rotatable bonds is 2. The van der Waals surface area contributed by atoms with Crippen molar-refractivity contribution >= 4 is 11.6 Å². The molecular weight excluding hydrogens is 212 g/mol. The maximum Gasteiger partial charge on any atom is 0.143 e. The van der Waals surface area contributed by atoms with Crippen LogP contribution >= 0.6 is 11.6 Å². The number of fused-ring (bicyclic) bond motifs is 1. The van der Waals surface area contributed by atoms with Crippen LogP contribution in [0.5, 0.6) is 5.75 Å². The van der Waals surface area contributed by atoms with E-state index in [-0.39, 0.29) is 6.61 Å². The highest BCUT2D eigenvalue weighted by Gasteiger charge is 2.19. The fraction of sp³-hybridized carbons (Fsp3) is 0.500. The lowest BCUT2D eigenvalue weighted by Gasteiger charge is -2.21. The number of hydrogen-bond donors (Lipinski definition) is 1. The second kappa shape index (κ2) is 4.42. The third-order valence-corrected chi connectivity index (χ3v) is 3.31. The molecule has 0 saturated carbocycles.